The zero-order chi connectivity index (χ0) is 23.4. The van der Waals surface area contributed by atoms with Gasteiger partial charge in [0, 0.05) is 17.3 Å². The van der Waals surface area contributed by atoms with E-state index in [1.54, 1.807) is 13.0 Å². The maximum Gasteiger partial charge on any atom is 0.404 e. The summed E-state index contributed by atoms with van der Waals surface area (Å²) in [5.41, 5.74) is 6.53. The van der Waals surface area contributed by atoms with Crippen LogP contribution in [0.5, 0.6) is 0 Å². The van der Waals surface area contributed by atoms with Gasteiger partial charge in [-0.15, -0.1) is 0 Å². The molecule has 2 aromatic rings. The van der Waals surface area contributed by atoms with E-state index in [9.17, 15) is 18.8 Å². The molecule has 2 atom stereocenters. The molecule has 2 aromatic heterocycles. The lowest BCUT2D eigenvalue weighted by Crippen LogP contribution is -2.48. The monoisotopic (exact) mass is 444 g/mol. The average molecular weight is 444 g/mol. The molecular formula is C21H25FN6O4. The minimum Gasteiger partial charge on any atom is -0.465 e. The zero-order valence-electron chi connectivity index (χ0n) is 17.7. The number of carbonyl (C=O) groups is 3. The van der Waals surface area contributed by atoms with Crippen LogP contribution in [0.3, 0.4) is 0 Å². The van der Waals surface area contributed by atoms with E-state index in [4.69, 9.17) is 10.8 Å². The SMILES string of the molecule is CC(=O)c1cc(Nc2nc(N[C@@H]3CCCC[C@@H]3NC(=O)O)c(F)cc2C(N)=O)cnc1C. The first-order valence-electron chi connectivity index (χ1n) is 10.2. The quantitative estimate of drug-likeness (QED) is 0.408. The lowest BCUT2D eigenvalue weighted by Gasteiger charge is -2.32. The molecular weight excluding hydrogens is 419 g/mol. The average Bonchev–Trinajstić information content (AvgIpc) is 2.72. The highest BCUT2D eigenvalue weighted by Crippen LogP contribution is 2.27. The molecule has 0 saturated heterocycles. The predicted molar refractivity (Wildman–Crippen MR) is 116 cm³/mol. The molecule has 2 heterocycles. The summed E-state index contributed by atoms with van der Waals surface area (Å²) in [5, 5.41) is 17.4. The minimum absolute atomic E-state index is 0.0138. The molecule has 0 aliphatic heterocycles. The number of carboxylic acid groups (broad SMARTS) is 1. The van der Waals surface area contributed by atoms with Crippen LogP contribution in [0.2, 0.25) is 0 Å². The normalized spacial score (nSPS) is 18.0. The smallest absolute Gasteiger partial charge is 0.404 e. The van der Waals surface area contributed by atoms with Crippen molar-refractivity contribution < 1.29 is 23.9 Å². The molecule has 0 radical (unpaired) electrons. The number of primary amides is 1. The molecule has 11 heteroatoms. The lowest BCUT2D eigenvalue weighted by atomic mass is 9.90. The zero-order valence-corrected chi connectivity index (χ0v) is 17.7. The van der Waals surface area contributed by atoms with Gasteiger partial charge in [-0.1, -0.05) is 12.8 Å². The second kappa shape index (κ2) is 9.58. The predicted octanol–water partition coefficient (Wildman–Crippen LogP) is 2.96. The number of amides is 2. The van der Waals surface area contributed by atoms with E-state index in [1.165, 1.54) is 13.1 Å². The van der Waals surface area contributed by atoms with E-state index in [1.807, 2.05) is 0 Å². The van der Waals surface area contributed by atoms with Crippen LogP contribution >= 0.6 is 0 Å². The summed E-state index contributed by atoms with van der Waals surface area (Å²) in [7, 11) is 0. The molecule has 6 N–H and O–H groups in total. The highest BCUT2D eigenvalue weighted by atomic mass is 19.1. The summed E-state index contributed by atoms with van der Waals surface area (Å²) in [4.78, 5) is 43.1. The molecule has 1 aliphatic rings. The van der Waals surface area contributed by atoms with Gasteiger partial charge in [-0.2, -0.15) is 0 Å². The van der Waals surface area contributed by atoms with Crippen LogP contribution in [0.15, 0.2) is 18.3 Å². The number of hydrogen-bond donors (Lipinski definition) is 5. The second-order valence-electron chi connectivity index (χ2n) is 7.71. The number of ketones is 1. The Morgan fingerprint density at radius 2 is 1.81 bits per heavy atom. The Balaban J connectivity index is 1.93. The Hall–Kier alpha value is -3.76. The third kappa shape index (κ3) is 5.29. The number of aryl methyl sites for hydroxylation is 1. The number of nitrogens with zero attached hydrogens (tertiary/aromatic N) is 2. The number of nitrogens with one attached hydrogen (secondary N) is 3. The summed E-state index contributed by atoms with van der Waals surface area (Å²) in [6.07, 6.45) is 3.24. The summed E-state index contributed by atoms with van der Waals surface area (Å²) in [5.74, 6) is -2.03. The first kappa shape index (κ1) is 22.9. The Morgan fingerprint density at radius 3 is 2.44 bits per heavy atom. The lowest BCUT2D eigenvalue weighted by molar-refractivity contribution is 0.0996. The molecule has 0 unspecified atom stereocenters. The fourth-order valence-electron chi connectivity index (χ4n) is 3.78. The summed E-state index contributed by atoms with van der Waals surface area (Å²) in [6, 6.07) is 1.74. The van der Waals surface area contributed by atoms with Crippen molar-refractivity contribution in [3.05, 3.63) is 41.0 Å². The van der Waals surface area contributed by atoms with E-state index < -0.39 is 23.9 Å². The molecule has 1 fully saturated rings. The largest absolute Gasteiger partial charge is 0.465 e. The van der Waals surface area contributed by atoms with Crippen LogP contribution in [-0.2, 0) is 0 Å². The van der Waals surface area contributed by atoms with Crippen LogP contribution in [0.1, 0.15) is 59.0 Å². The highest BCUT2D eigenvalue weighted by Gasteiger charge is 2.28. The Bertz CT molecular complexity index is 1060. The van der Waals surface area contributed by atoms with Crippen LogP contribution < -0.4 is 21.7 Å². The summed E-state index contributed by atoms with van der Waals surface area (Å²) < 4.78 is 14.7. The second-order valence-corrected chi connectivity index (χ2v) is 7.71. The van der Waals surface area contributed by atoms with Gasteiger partial charge in [0.25, 0.3) is 5.91 Å². The van der Waals surface area contributed by atoms with Gasteiger partial charge < -0.3 is 26.8 Å². The number of pyridine rings is 2. The van der Waals surface area contributed by atoms with Crippen molar-refractivity contribution in [2.75, 3.05) is 10.6 Å². The van der Waals surface area contributed by atoms with Crippen molar-refractivity contribution in [2.24, 2.45) is 5.73 Å². The van der Waals surface area contributed by atoms with Gasteiger partial charge in [0.1, 0.15) is 5.82 Å². The molecule has 0 bridgehead atoms. The highest BCUT2D eigenvalue weighted by molar-refractivity contribution is 5.99. The third-order valence-corrected chi connectivity index (χ3v) is 5.37. The number of halogens is 1. The van der Waals surface area contributed by atoms with Crippen molar-refractivity contribution in [3.63, 3.8) is 0 Å². The third-order valence-electron chi connectivity index (χ3n) is 5.37. The maximum atomic E-state index is 14.7. The molecule has 0 aromatic carbocycles. The fourth-order valence-corrected chi connectivity index (χ4v) is 3.78. The minimum atomic E-state index is -1.16. The first-order valence-corrected chi connectivity index (χ1v) is 10.2. The molecule has 170 valence electrons. The van der Waals surface area contributed by atoms with Gasteiger partial charge in [-0.05, 0) is 38.8 Å². The van der Waals surface area contributed by atoms with Gasteiger partial charge in [0.2, 0.25) is 0 Å². The topological polar surface area (TPSA) is 159 Å². The molecule has 3 rings (SSSR count). The van der Waals surface area contributed by atoms with Crippen LogP contribution in [-0.4, -0.2) is 44.9 Å². The van der Waals surface area contributed by atoms with E-state index in [0.717, 1.165) is 18.9 Å². The van der Waals surface area contributed by atoms with Crippen molar-refractivity contribution >= 4 is 35.1 Å². The standard InChI is InChI=1S/C21H25FN6O4/c1-10-13(11(2)29)7-12(9-24-10)25-19-14(18(23)30)8-15(22)20(28-19)26-16-5-3-4-6-17(16)27-21(31)32/h7-9,16-17,27H,3-6H2,1-2H3,(H2,23,30)(H,31,32)(H2,25,26,28)/t16-,17+/m1/s1. The fraction of sp³-hybridized carbons (Fsp3) is 0.381. The van der Waals surface area contributed by atoms with Crippen LogP contribution in [0.4, 0.5) is 26.5 Å². The van der Waals surface area contributed by atoms with Gasteiger partial charge in [-0.3, -0.25) is 14.6 Å². The summed E-state index contributed by atoms with van der Waals surface area (Å²) >= 11 is 0. The Kier molecular flexibility index (Phi) is 6.86. The number of Topliss-reactive ketones (excluding diaryl/α,β-unsaturated/α-hetero) is 1. The maximum absolute atomic E-state index is 14.7. The van der Waals surface area contributed by atoms with Crippen molar-refractivity contribution in [1.82, 2.24) is 15.3 Å². The number of carbonyl (C=O) groups excluding carboxylic acids is 2. The number of aromatic nitrogens is 2. The van der Waals surface area contributed by atoms with Gasteiger partial charge in [-0.25, -0.2) is 14.2 Å². The first-order chi connectivity index (χ1) is 15.2. The van der Waals surface area contributed by atoms with Crippen molar-refractivity contribution in [3.8, 4) is 0 Å². The van der Waals surface area contributed by atoms with Gasteiger partial charge in [0.05, 0.1) is 23.5 Å². The molecule has 1 saturated carbocycles. The summed E-state index contributed by atoms with van der Waals surface area (Å²) in [6.45, 7) is 3.10. The number of nitrogens with two attached hydrogens (primary N) is 1. The van der Waals surface area contributed by atoms with Crippen molar-refractivity contribution in [2.45, 2.75) is 51.6 Å². The van der Waals surface area contributed by atoms with Crippen LogP contribution in [0, 0.1) is 12.7 Å². The molecule has 10 nitrogen and oxygen atoms in total. The van der Waals surface area contributed by atoms with Crippen molar-refractivity contribution in [1.29, 1.82) is 0 Å². The van der Waals surface area contributed by atoms with E-state index in [0.29, 0.717) is 29.8 Å². The van der Waals surface area contributed by atoms with Gasteiger partial charge >= 0.3 is 6.09 Å². The Labute approximate surface area is 183 Å². The van der Waals surface area contributed by atoms with E-state index in [2.05, 4.69) is 25.9 Å². The molecule has 2 amide bonds. The number of anilines is 3. The number of rotatable bonds is 7. The van der Waals surface area contributed by atoms with E-state index in [-0.39, 0.29) is 29.0 Å². The molecule has 32 heavy (non-hydrogen) atoms. The van der Waals surface area contributed by atoms with E-state index >= 15 is 0 Å². The van der Waals surface area contributed by atoms with Gasteiger partial charge in [0.15, 0.2) is 17.4 Å². The van der Waals surface area contributed by atoms with Crippen LogP contribution in [0.25, 0.3) is 0 Å². The number of hydrogen-bond acceptors (Lipinski definition) is 7. The molecule has 1 aliphatic carbocycles. The Morgan fingerprint density at radius 1 is 1.12 bits per heavy atom. The molecule has 0 spiro atoms.